The summed E-state index contributed by atoms with van der Waals surface area (Å²) < 4.78 is 10.5. The van der Waals surface area contributed by atoms with Crippen molar-refractivity contribution < 1.29 is 14.3 Å². The lowest BCUT2D eigenvalue weighted by molar-refractivity contribution is -0.137. The standard InChI is InChI=1S/C19H18Cl2O3/c1-3-23-17-7-5-13(6-8-17)18(12-19(22)24-4-2)14-9-15(20)11-16(21)10-14/h5-12H,3-4H2,1-2H3/b18-12-. The van der Waals surface area contributed by atoms with Gasteiger partial charge in [-0.25, -0.2) is 4.79 Å². The van der Waals surface area contributed by atoms with Gasteiger partial charge in [-0.1, -0.05) is 35.3 Å². The molecule has 24 heavy (non-hydrogen) atoms. The van der Waals surface area contributed by atoms with Crippen LogP contribution in [-0.4, -0.2) is 19.2 Å². The first-order valence-electron chi connectivity index (χ1n) is 7.61. The van der Waals surface area contributed by atoms with Gasteiger partial charge in [0, 0.05) is 16.1 Å². The van der Waals surface area contributed by atoms with Crippen LogP contribution in [0, 0.1) is 0 Å². The summed E-state index contributed by atoms with van der Waals surface area (Å²) in [6.07, 6.45) is 1.45. The predicted molar refractivity (Wildman–Crippen MR) is 97.8 cm³/mol. The molecule has 2 aromatic carbocycles. The maximum atomic E-state index is 12.0. The average Bonchev–Trinajstić information content (AvgIpc) is 2.53. The summed E-state index contributed by atoms with van der Waals surface area (Å²) in [4.78, 5) is 12.0. The summed E-state index contributed by atoms with van der Waals surface area (Å²) in [6, 6.07) is 12.6. The molecule has 0 aliphatic heterocycles. The Balaban J connectivity index is 2.48. The summed E-state index contributed by atoms with van der Waals surface area (Å²) in [5, 5.41) is 0.997. The van der Waals surface area contributed by atoms with Crippen LogP contribution in [0.15, 0.2) is 48.5 Å². The molecule has 0 spiro atoms. The van der Waals surface area contributed by atoms with Crippen molar-refractivity contribution in [3.05, 3.63) is 69.7 Å². The third kappa shape index (κ3) is 5.02. The molecule has 126 valence electrons. The Labute approximate surface area is 151 Å². The lowest BCUT2D eigenvalue weighted by Crippen LogP contribution is -2.02. The zero-order valence-corrected chi connectivity index (χ0v) is 15.0. The molecule has 0 atom stereocenters. The van der Waals surface area contributed by atoms with Crippen LogP contribution in [0.3, 0.4) is 0 Å². The monoisotopic (exact) mass is 364 g/mol. The number of benzene rings is 2. The van der Waals surface area contributed by atoms with Crippen molar-refractivity contribution in [3.8, 4) is 5.75 Å². The Morgan fingerprint density at radius 2 is 1.58 bits per heavy atom. The van der Waals surface area contributed by atoms with E-state index in [4.69, 9.17) is 32.7 Å². The molecule has 5 heteroatoms. The Kier molecular flexibility index (Phi) is 6.71. The van der Waals surface area contributed by atoms with Crippen molar-refractivity contribution in [3.63, 3.8) is 0 Å². The van der Waals surface area contributed by atoms with Gasteiger partial charge in [0.1, 0.15) is 5.75 Å². The fourth-order valence-corrected chi connectivity index (χ4v) is 2.77. The molecular formula is C19H18Cl2O3. The molecule has 0 radical (unpaired) electrons. The first-order chi connectivity index (χ1) is 11.5. The van der Waals surface area contributed by atoms with Crippen LogP contribution < -0.4 is 4.74 Å². The second kappa shape index (κ2) is 8.76. The first kappa shape index (κ1) is 18.4. The summed E-state index contributed by atoms with van der Waals surface area (Å²) in [5.74, 6) is 0.346. The summed E-state index contributed by atoms with van der Waals surface area (Å²) >= 11 is 12.2. The lowest BCUT2D eigenvalue weighted by Gasteiger charge is -2.11. The van der Waals surface area contributed by atoms with E-state index in [0.717, 1.165) is 16.9 Å². The average molecular weight is 365 g/mol. The molecular weight excluding hydrogens is 347 g/mol. The lowest BCUT2D eigenvalue weighted by atomic mass is 9.97. The fourth-order valence-electron chi connectivity index (χ4n) is 2.24. The third-order valence-electron chi connectivity index (χ3n) is 3.20. The third-order valence-corrected chi connectivity index (χ3v) is 3.64. The molecule has 0 aromatic heterocycles. The zero-order chi connectivity index (χ0) is 17.5. The Bertz CT molecular complexity index is 717. The highest BCUT2D eigenvalue weighted by atomic mass is 35.5. The molecule has 2 rings (SSSR count). The van der Waals surface area contributed by atoms with Gasteiger partial charge in [-0.2, -0.15) is 0 Å². The number of esters is 1. The van der Waals surface area contributed by atoms with Gasteiger partial charge < -0.3 is 9.47 Å². The number of rotatable bonds is 6. The van der Waals surface area contributed by atoms with Crippen LogP contribution >= 0.6 is 23.2 Å². The zero-order valence-electron chi connectivity index (χ0n) is 13.5. The number of hydrogen-bond donors (Lipinski definition) is 0. The maximum Gasteiger partial charge on any atom is 0.331 e. The van der Waals surface area contributed by atoms with E-state index in [-0.39, 0.29) is 0 Å². The Morgan fingerprint density at radius 3 is 2.12 bits per heavy atom. The second-order valence-electron chi connectivity index (χ2n) is 4.93. The van der Waals surface area contributed by atoms with Gasteiger partial charge in [0.05, 0.1) is 13.2 Å². The first-order valence-corrected chi connectivity index (χ1v) is 8.37. The van der Waals surface area contributed by atoms with Crippen molar-refractivity contribution in [1.82, 2.24) is 0 Å². The molecule has 0 fully saturated rings. The molecule has 0 aliphatic carbocycles. The van der Waals surface area contributed by atoms with Crippen molar-refractivity contribution in [2.75, 3.05) is 13.2 Å². The minimum Gasteiger partial charge on any atom is -0.494 e. The normalized spacial score (nSPS) is 11.2. The van der Waals surface area contributed by atoms with E-state index < -0.39 is 5.97 Å². The molecule has 2 aromatic rings. The van der Waals surface area contributed by atoms with Gasteiger partial charge in [-0.05, 0) is 60.9 Å². The summed E-state index contributed by atoms with van der Waals surface area (Å²) in [7, 11) is 0. The topological polar surface area (TPSA) is 35.5 Å². The number of ether oxygens (including phenoxy) is 2. The van der Waals surface area contributed by atoms with Crippen molar-refractivity contribution in [1.29, 1.82) is 0 Å². The summed E-state index contributed by atoms with van der Waals surface area (Å²) in [5.41, 5.74) is 2.26. The van der Waals surface area contributed by atoms with Crippen LogP contribution in [0.25, 0.3) is 5.57 Å². The highest BCUT2D eigenvalue weighted by Gasteiger charge is 2.11. The Morgan fingerprint density at radius 1 is 0.958 bits per heavy atom. The van der Waals surface area contributed by atoms with E-state index >= 15 is 0 Å². The maximum absolute atomic E-state index is 12.0. The molecule has 0 N–H and O–H groups in total. The van der Waals surface area contributed by atoms with Crippen molar-refractivity contribution >= 4 is 34.7 Å². The number of carbonyl (C=O) groups excluding carboxylic acids is 1. The fraction of sp³-hybridized carbons (Fsp3) is 0.211. The molecule has 0 saturated carbocycles. The molecule has 0 unspecified atom stereocenters. The molecule has 0 amide bonds. The van der Waals surface area contributed by atoms with E-state index in [0.29, 0.717) is 28.8 Å². The van der Waals surface area contributed by atoms with Gasteiger partial charge in [-0.3, -0.25) is 0 Å². The highest BCUT2D eigenvalue weighted by molar-refractivity contribution is 6.35. The van der Waals surface area contributed by atoms with Gasteiger partial charge in [0.2, 0.25) is 0 Å². The van der Waals surface area contributed by atoms with Crippen LogP contribution in [0.1, 0.15) is 25.0 Å². The SMILES string of the molecule is CCOC(=O)/C=C(/c1ccc(OCC)cc1)c1cc(Cl)cc(Cl)c1. The number of carbonyl (C=O) groups is 1. The molecule has 3 nitrogen and oxygen atoms in total. The smallest absolute Gasteiger partial charge is 0.331 e. The summed E-state index contributed by atoms with van der Waals surface area (Å²) in [6.45, 7) is 4.59. The van der Waals surface area contributed by atoms with E-state index in [1.165, 1.54) is 6.08 Å². The van der Waals surface area contributed by atoms with Gasteiger partial charge in [0.15, 0.2) is 0 Å². The number of hydrogen-bond acceptors (Lipinski definition) is 3. The molecule has 0 heterocycles. The van der Waals surface area contributed by atoms with E-state index in [9.17, 15) is 4.79 Å². The molecule has 0 aliphatic rings. The minimum absolute atomic E-state index is 0.308. The van der Waals surface area contributed by atoms with Crippen molar-refractivity contribution in [2.24, 2.45) is 0 Å². The largest absolute Gasteiger partial charge is 0.494 e. The van der Waals surface area contributed by atoms with Gasteiger partial charge >= 0.3 is 5.97 Å². The molecule has 0 saturated heterocycles. The highest BCUT2D eigenvalue weighted by Crippen LogP contribution is 2.30. The minimum atomic E-state index is -0.419. The quantitative estimate of drug-likeness (QED) is 0.509. The van der Waals surface area contributed by atoms with Crippen LogP contribution in [-0.2, 0) is 9.53 Å². The van der Waals surface area contributed by atoms with Crippen LogP contribution in [0.4, 0.5) is 0 Å². The predicted octanol–water partition coefficient (Wildman–Crippen LogP) is 5.39. The van der Waals surface area contributed by atoms with E-state index in [1.807, 2.05) is 31.2 Å². The van der Waals surface area contributed by atoms with Crippen LogP contribution in [0.5, 0.6) is 5.75 Å². The number of halogens is 2. The van der Waals surface area contributed by atoms with Gasteiger partial charge in [-0.15, -0.1) is 0 Å². The van der Waals surface area contributed by atoms with Crippen LogP contribution in [0.2, 0.25) is 10.0 Å². The van der Waals surface area contributed by atoms with Gasteiger partial charge in [0.25, 0.3) is 0 Å². The van der Waals surface area contributed by atoms with E-state index in [1.54, 1.807) is 25.1 Å². The van der Waals surface area contributed by atoms with Crippen molar-refractivity contribution in [2.45, 2.75) is 13.8 Å². The van der Waals surface area contributed by atoms with E-state index in [2.05, 4.69) is 0 Å². The second-order valence-corrected chi connectivity index (χ2v) is 5.80. The molecule has 0 bridgehead atoms. The Hall–Kier alpha value is -1.97.